The number of aliphatic hydroxyl groups is 4. The first-order valence-electron chi connectivity index (χ1n) is 16.8. The largest absolute Gasteiger partial charge is 0.463 e. The highest BCUT2D eigenvalue weighted by Crippen LogP contribution is 2.31. The topological polar surface area (TPSA) is 197 Å². The zero-order valence-electron chi connectivity index (χ0n) is 27.2. The van der Waals surface area contributed by atoms with Crippen LogP contribution in [0, 0.1) is 0 Å². The third-order valence-corrected chi connectivity index (χ3v) is 8.55. The SMILES string of the molecule is CC(=O)OCC1OC2OCCCCCCCCCCCCCCCC(=O)OC3C(COC(C)=O)OC(OC2C(O)C1O)C(O)C3O. The first-order chi connectivity index (χ1) is 22.1. The van der Waals surface area contributed by atoms with Gasteiger partial charge in [0.05, 0.1) is 0 Å². The molecule has 2 bridgehead atoms. The van der Waals surface area contributed by atoms with Crippen molar-refractivity contribution in [2.24, 2.45) is 0 Å². The van der Waals surface area contributed by atoms with Gasteiger partial charge in [0.1, 0.15) is 55.9 Å². The summed E-state index contributed by atoms with van der Waals surface area (Å²) in [7, 11) is 0. The molecule has 0 radical (unpaired) electrons. The highest BCUT2D eigenvalue weighted by atomic mass is 16.8. The van der Waals surface area contributed by atoms with Crippen molar-refractivity contribution >= 4 is 17.9 Å². The first-order valence-corrected chi connectivity index (χ1v) is 16.8. The minimum absolute atomic E-state index is 0.108. The molecule has 0 aromatic carbocycles. The molecule has 14 heteroatoms. The molecule has 266 valence electrons. The van der Waals surface area contributed by atoms with E-state index in [-0.39, 0.29) is 19.6 Å². The quantitative estimate of drug-likeness (QED) is 0.251. The van der Waals surface area contributed by atoms with Crippen molar-refractivity contribution in [3.8, 4) is 0 Å². The van der Waals surface area contributed by atoms with Crippen molar-refractivity contribution in [3.63, 3.8) is 0 Å². The molecule has 0 aromatic heterocycles. The Hall–Kier alpha value is -1.91. The van der Waals surface area contributed by atoms with Gasteiger partial charge in [-0.15, -0.1) is 0 Å². The van der Waals surface area contributed by atoms with E-state index in [4.69, 9.17) is 33.2 Å². The second-order valence-electron chi connectivity index (χ2n) is 12.4. The Kier molecular flexibility index (Phi) is 17.1. The third kappa shape index (κ3) is 12.6. The Balaban J connectivity index is 1.77. The molecular formula is C32H54O14. The average molecular weight is 663 g/mol. The minimum Gasteiger partial charge on any atom is -0.463 e. The van der Waals surface area contributed by atoms with E-state index in [0.717, 1.165) is 44.9 Å². The number of hydrogen-bond acceptors (Lipinski definition) is 14. The van der Waals surface area contributed by atoms with E-state index in [0.29, 0.717) is 12.8 Å². The van der Waals surface area contributed by atoms with Gasteiger partial charge in [-0.25, -0.2) is 0 Å². The van der Waals surface area contributed by atoms with E-state index in [9.17, 15) is 34.8 Å². The number of ether oxygens (including phenoxy) is 7. The highest BCUT2D eigenvalue weighted by Gasteiger charge is 2.52. The summed E-state index contributed by atoms with van der Waals surface area (Å²) in [6, 6.07) is 0. The van der Waals surface area contributed by atoms with Crippen LogP contribution in [0.4, 0.5) is 0 Å². The van der Waals surface area contributed by atoms with Gasteiger partial charge in [-0.1, -0.05) is 70.6 Å². The molecule has 4 aliphatic rings. The summed E-state index contributed by atoms with van der Waals surface area (Å²) in [5.74, 6) is -1.84. The fraction of sp³-hybridized carbons (Fsp3) is 0.906. The molecule has 46 heavy (non-hydrogen) atoms. The van der Waals surface area contributed by atoms with E-state index < -0.39 is 85.9 Å². The molecule has 0 aliphatic carbocycles. The lowest BCUT2D eigenvalue weighted by atomic mass is 9.97. The lowest BCUT2D eigenvalue weighted by molar-refractivity contribution is -0.367. The Morgan fingerprint density at radius 1 is 0.609 bits per heavy atom. The van der Waals surface area contributed by atoms with Crippen molar-refractivity contribution in [1.82, 2.24) is 0 Å². The van der Waals surface area contributed by atoms with Crippen molar-refractivity contribution in [1.29, 1.82) is 0 Å². The maximum Gasteiger partial charge on any atom is 0.306 e. The maximum atomic E-state index is 12.7. The third-order valence-electron chi connectivity index (χ3n) is 8.55. The van der Waals surface area contributed by atoms with Crippen LogP contribution in [-0.4, -0.2) is 120 Å². The summed E-state index contributed by atoms with van der Waals surface area (Å²) in [5, 5.41) is 43.9. The zero-order chi connectivity index (χ0) is 33.5. The monoisotopic (exact) mass is 662 g/mol. The second-order valence-corrected chi connectivity index (χ2v) is 12.4. The fourth-order valence-corrected chi connectivity index (χ4v) is 5.90. The summed E-state index contributed by atoms with van der Waals surface area (Å²) in [6.07, 6.45) is -1.42. The number of carbonyl (C=O) groups excluding carboxylic acids is 3. The van der Waals surface area contributed by atoms with E-state index >= 15 is 0 Å². The summed E-state index contributed by atoms with van der Waals surface area (Å²) < 4.78 is 39.2. The van der Waals surface area contributed by atoms with Gasteiger partial charge in [0, 0.05) is 26.9 Å². The van der Waals surface area contributed by atoms with Gasteiger partial charge in [0.25, 0.3) is 0 Å². The van der Waals surface area contributed by atoms with E-state index in [1.165, 1.54) is 39.5 Å². The number of aliphatic hydroxyl groups excluding tert-OH is 4. The van der Waals surface area contributed by atoms with Gasteiger partial charge in [-0.2, -0.15) is 0 Å². The Morgan fingerprint density at radius 2 is 1.09 bits per heavy atom. The molecule has 4 N–H and O–H groups in total. The van der Waals surface area contributed by atoms with Crippen LogP contribution in [-0.2, 0) is 47.5 Å². The number of esters is 3. The number of hydrogen-bond donors (Lipinski definition) is 4. The summed E-state index contributed by atoms with van der Waals surface area (Å²) in [6.45, 7) is 1.84. The van der Waals surface area contributed by atoms with E-state index in [1.54, 1.807) is 0 Å². The molecule has 4 heterocycles. The van der Waals surface area contributed by atoms with Crippen molar-refractivity contribution in [2.75, 3.05) is 19.8 Å². The lowest BCUT2D eigenvalue weighted by Gasteiger charge is -2.46. The number of rotatable bonds is 4. The number of fused-ring (bicyclic) bond motifs is 19. The average Bonchev–Trinajstić information content (AvgIpc) is 3.01. The predicted molar refractivity (Wildman–Crippen MR) is 160 cm³/mol. The maximum absolute atomic E-state index is 12.7. The zero-order valence-corrected chi connectivity index (χ0v) is 27.2. The van der Waals surface area contributed by atoms with Gasteiger partial charge in [-0.3, -0.25) is 14.4 Å². The minimum atomic E-state index is -1.77. The molecule has 0 aromatic rings. The van der Waals surface area contributed by atoms with Crippen LogP contribution in [0.25, 0.3) is 0 Å². The molecule has 0 amide bonds. The van der Waals surface area contributed by atoms with Crippen LogP contribution < -0.4 is 0 Å². The summed E-state index contributed by atoms with van der Waals surface area (Å²) in [5.41, 5.74) is 0. The second kappa shape index (κ2) is 20.5. The molecule has 14 nitrogen and oxygen atoms in total. The molecule has 10 atom stereocenters. The van der Waals surface area contributed by atoms with Crippen molar-refractivity contribution < 1.29 is 68.0 Å². The summed E-state index contributed by atoms with van der Waals surface area (Å²) >= 11 is 0. The van der Waals surface area contributed by atoms with Crippen LogP contribution in [0.15, 0.2) is 0 Å². The van der Waals surface area contributed by atoms with Crippen LogP contribution >= 0.6 is 0 Å². The molecule has 0 spiro atoms. The first kappa shape index (κ1) is 38.5. The van der Waals surface area contributed by atoms with Gasteiger partial charge in [0.15, 0.2) is 18.7 Å². The molecule has 4 saturated heterocycles. The number of carbonyl (C=O) groups is 3. The van der Waals surface area contributed by atoms with Crippen LogP contribution in [0.3, 0.4) is 0 Å². The molecule has 4 fully saturated rings. The smallest absolute Gasteiger partial charge is 0.306 e. The van der Waals surface area contributed by atoms with Crippen LogP contribution in [0.1, 0.15) is 104 Å². The standard InChI is InChI=1S/C32H54O14/c1-20(33)41-18-22-25(36)26(37)30-32(43-22)40-17-15-13-11-9-7-5-3-4-6-8-10-12-14-16-24(35)45-29-23(19-42-21(2)34)44-31(46-30)28(39)27(29)38/h22-23,25-32,36-39H,3-19H2,1-2H3. The molecule has 4 rings (SSSR count). The van der Waals surface area contributed by atoms with E-state index in [1.807, 2.05) is 0 Å². The molecular weight excluding hydrogens is 608 g/mol. The normalized spacial score (nSPS) is 36.7. The lowest BCUT2D eigenvalue weighted by Crippen LogP contribution is -2.65. The van der Waals surface area contributed by atoms with Crippen molar-refractivity contribution in [3.05, 3.63) is 0 Å². The van der Waals surface area contributed by atoms with E-state index in [2.05, 4.69) is 0 Å². The molecule has 10 unspecified atom stereocenters. The van der Waals surface area contributed by atoms with Gasteiger partial charge in [0.2, 0.25) is 0 Å². The van der Waals surface area contributed by atoms with Gasteiger partial charge in [-0.05, 0) is 12.8 Å². The molecule has 4 aliphatic heterocycles. The predicted octanol–water partition coefficient (Wildman–Crippen LogP) is 1.79. The summed E-state index contributed by atoms with van der Waals surface area (Å²) in [4.78, 5) is 35.7. The van der Waals surface area contributed by atoms with Crippen LogP contribution in [0.2, 0.25) is 0 Å². The highest BCUT2D eigenvalue weighted by molar-refractivity contribution is 5.69. The van der Waals surface area contributed by atoms with Gasteiger partial charge >= 0.3 is 17.9 Å². The Bertz CT molecular complexity index is 917. The Morgan fingerprint density at radius 3 is 1.65 bits per heavy atom. The fourth-order valence-electron chi connectivity index (χ4n) is 5.90. The Labute approximate surface area is 270 Å². The van der Waals surface area contributed by atoms with Crippen molar-refractivity contribution in [2.45, 2.75) is 165 Å². The van der Waals surface area contributed by atoms with Gasteiger partial charge < -0.3 is 53.6 Å². The van der Waals surface area contributed by atoms with Crippen LogP contribution in [0.5, 0.6) is 0 Å². The molecule has 0 saturated carbocycles.